The molecule has 0 aliphatic heterocycles. The van der Waals surface area contributed by atoms with Gasteiger partial charge in [-0.1, -0.05) is 50.3 Å². The lowest BCUT2D eigenvalue weighted by molar-refractivity contribution is -0.143. The predicted molar refractivity (Wildman–Crippen MR) is 97.0 cm³/mol. The normalized spacial score (nSPS) is 12.5. The molecular formula is C20H18F6S. The highest BCUT2D eigenvalue weighted by molar-refractivity contribution is 7.80. The van der Waals surface area contributed by atoms with Crippen molar-refractivity contribution in [1.82, 2.24) is 0 Å². The van der Waals surface area contributed by atoms with Crippen LogP contribution in [0.15, 0.2) is 42.5 Å². The van der Waals surface area contributed by atoms with Crippen molar-refractivity contribution >= 4 is 17.1 Å². The summed E-state index contributed by atoms with van der Waals surface area (Å²) in [6.07, 6.45) is -9.53. The lowest BCUT2D eigenvalue weighted by Crippen LogP contribution is -2.13. The molecule has 0 spiro atoms. The molecule has 0 aliphatic rings. The third-order valence-electron chi connectivity index (χ3n) is 4.11. The van der Waals surface area contributed by atoms with Gasteiger partial charge in [-0.15, -0.1) is 0 Å². The topological polar surface area (TPSA) is 0 Å². The van der Waals surface area contributed by atoms with Gasteiger partial charge in [-0.2, -0.15) is 26.3 Å². The number of benzene rings is 2. The molecule has 0 aliphatic carbocycles. The van der Waals surface area contributed by atoms with Gasteiger partial charge < -0.3 is 0 Å². The van der Waals surface area contributed by atoms with Gasteiger partial charge in [0.2, 0.25) is 0 Å². The predicted octanol–water partition coefficient (Wildman–Crippen LogP) is 7.00. The third kappa shape index (κ3) is 5.79. The van der Waals surface area contributed by atoms with E-state index in [1.54, 1.807) is 0 Å². The zero-order valence-corrected chi connectivity index (χ0v) is 15.5. The van der Waals surface area contributed by atoms with Gasteiger partial charge in [-0.25, -0.2) is 0 Å². The molecule has 0 saturated carbocycles. The number of hydrogen-bond donors (Lipinski definition) is 0. The fraction of sp³-hybridized carbons (Fsp3) is 0.350. The van der Waals surface area contributed by atoms with Gasteiger partial charge >= 0.3 is 12.4 Å². The molecule has 2 aromatic rings. The summed E-state index contributed by atoms with van der Waals surface area (Å²) >= 11 is 5.28. The van der Waals surface area contributed by atoms with E-state index in [1.807, 2.05) is 38.1 Å². The van der Waals surface area contributed by atoms with E-state index in [9.17, 15) is 26.3 Å². The Labute approximate surface area is 159 Å². The van der Waals surface area contributed by atoms with Crippen molar-refractivity contribution in [3.63, 3.8) is 0 Å². The van der Waals surface area contributed by atoms with Gasteiger partial charge in [0.1, 0.15) is 0 Å². The molecule has 0 amide bonds. The summed E-state index contributed by atoms with van der Waals surface area (Å²) in [7, 11) is 0. The summed E-state index contributed by atoms with van der Waals surface area (Å²) in [6.45, 7) is 4.01. The molecule has 0 radical (unpaired) electrons. The Bertz CT molecular complexity index is 786. The largest absolute Gasteiger partial charge is 0.416 e. The fourth-order valence-corrected chi connectivity index (χ4v) is 3.20. The number of thiocarbonyl (C=S) groups is 1. The van der Waals surface area contributed by atoms with E-state index in [0.29, 0.717) is 11.3 Å². The maximum Gasteiger partial charge on any atom is 0.416 e. The molecule has 0 unspecified atom stereocenters. The number of rotatable bonds is 5. The average molecular weight is 404 g/mol. The maximum absolute atomic E-state index is 13.0. The Morgan fingerprint density at radius 3 is 1.85 bits per heavy atom. The van der Waals surface area contributed by atoms with E-state index in [2.05, 4.69) is 0 Å². The van der Waals surface area contributed by atoms with Crippen molar-refractivity contribution in [2.75, 3.05) is 0 Å². The van der Waals surface area contributed by atoms with Gasteiger partial charge in [0.15, 0.2) is 0 Å². The standard InChI is InChI=1S/C20H18F6S/c1-12(2)18-6-4-3-5-14(18)10-17(27)9-13-7-15(19(21,22)23)11-16(8-13)20(24,25)26/h3-8,11-12H,9-10H2,1-2H3. The molecule has 0 heterocycles. The number of halogens is 6. The first-order chi connectivity index (χ1) is 12.4. The summed E-state index contributed by atoms with van der Waals surface area (Å²) < 4.78 is 77.8. The van der Waals surface area contributed by atoms with Crippen molar-refractivity contribution in [3.05, 3.63) is 70.3 Å². The minimum atomic E-state index is -4.86. The molecule has 0 bridgehead atoms. The van der Waals surface area contributed by atoms with Crippen LogP contribution in [0.25, 0.3) is 0 Å². The van der Waals surface area contributed by atoms with Crippen LogP contribution in [0.5, 0.6) is 0 Å². The van der Waals surface area contributed by atoms with Crippen LogP contribution in [0.2, 0.25) is 0 Å². The number of alkyl halides is 6. The molecule has 0 fully saturated rings. The van der Waals surface area contributed by atoms with Crippen molar-refractivity contribution in [2.24, 2.45) is 0 Å². The van der Waals surface area contributed by atoms with Gasteiger partial charge in [0.05, 0.1) is 11.1 Å². The van der Waals surface area contributed by atoms with Gasteiger partial charge in [-0.05, 0) is 40.8 Å². The Morgan fingerprint density at radius 1 is 0.852 bits per heavy atom. The van der Waals surface area contributed by atoms with Crippen LogP contribution in [0.1, 0.15) is 47.6 Å². The highest BCUT2D eigenvalue weighted by Crippen LogP contribution is 2.36. The fourth-order valence-electron chi connectivity index (χ4n) is 2.88. The maximum atomic E-state index is 13.0. The van der Waals surface area contributed by atoms with E-state index < -0.39 is 23.5 Å². The second-order valence-electron chi connectivity index (χ2n) is 6.66. The molecule has 0 aromatic heterocycles. The van der Waals surface area contributed by atoms with E-state index in [0.717, 1.165) is 23.3 Å². The molecule has 0 N–H and O–H groups in total. The van der Waals surface area contributed by atoms with Crippen LogP contribution < -0.4 is 0 Å². The molecule has 0 saturated heterocycles. The quantitative estimate of drug-likeness (QED) is 0.382. The van der Waals surface area contributed by atoms with Crippen molar-refractivity contribution in [2.45, 2.75) is 45.0 Å². The third-order valence-corrected chi connectivity index (χ3v) is 4.40. The monoisotopic (exact) mass is 404 g/mol. The highest BCUT2D eigenvalue weighted by atomic mass is 32.1. The van der Waals surface area contributed by atoms with E-state index in [-0.39, 0.29) is 24.0 Å². The van der Waals surface area contributed by atoms with Crippen LogP contribution in [0, 0.1) is 0 Å². The molecule has 2 aromatic carbocycles. The average Bonchev–Trinajstić information content (AvgIpc) is 2.53. The molecule has 0 atom stereocenters. The van der Waals surface area contributed by atoms with Crippen molar-refractivity contribution in [3.8, 4) is 0 Å². The second kappa shape index (κ2) is 8.00. The molecule has 7 heteroatoms. The first kappa shape index (κ1) is 21.4. The van der Waals surface area contributed by atoms with E-state index in [1.165, 1.54) is 0 Å². The summed E-state index contributed by atoms with van der Waals surface area (Å²) in [4.78, 5) is 0.385. The SMILES string of the molecule is CC(C)c1ccccc1CC(=S)Cc1cc(C(F)(F)F)cc(C(F)(F)F)c1. The Morgan fingerprint density at radius 2 is 1.37 bits per heavy atom. The lowest BCUT2D eigenvalue weighted by Gasteiger charge is -2.16. The minimum Gasteiger partial charge on any atom is -0.166 e. The van der Waals surface area contributed by atoms with Crippen molar-refractivity contribution < 1.29 is 26.3 Å². The minimum absolute atomic E-state index is 0.0934. The molecule has 2 rings (SSSR count). The lowest BCUT2D eigenvalue weighted by atomic mass is 9.93. The van der Waals surface area contributed by atoms with Gasteiger partial charge in [0, 0.05) is 17.7 Å². The van der Waals surface area contributed by atoms with E-state index in [4.69, 9.17) is 12.2 Å². The zero-order valence-electron chi connectivity index (χ0n) is 14.7. The molecular weight excluding hydrogens is 386 g/mol. The van der Waals surface area contributed by atoms with Gasteiger partial charge in [0.25, 0.3) is 0 Å². The molecule has 0 nitrogen and oxygen atoms in total. The van der Waals surface area contributed by atoms with Crippen LogP contribution in [-0.4, -0.2) is 4.86 Å². The summed E-state index contributed by atoms with van der Waals surface area (Å²) in [5.41, 5.74) is -0.750. The smallest absolute Gasteiger partial charge is 0.166 e. The summed E-state index contributed by atoms with van der Waals surface area (Å²) in [5.74, 6) is 0.231. The summed E-state index contributed by atoms with van der Waals surface area (Å²) in [5, 5.41) is 0. The van der Waals surface area contributed by atoms with Crippen molar-refractivity contribution in [1.29, 1.82) is 0 Å². The Hall–Kier alpha value is -1.89. The first-order valence-electron chi connectivity index (χ1n) is 8.26. The van der Waals surface area contributed by atoms with Gasteiger partial charge in [-0.3, -0.25) is 0 Å². The first-order valence-corrected chi connectivity index (χ1v) is 8.66. The van der Waals surface area contributed by atoms with Crippen LogP contribution in [0.3, 0.4) is 0 Å². The molecule has 146 valence electrons. The highest BCUT2D eigenvalue weighted by Gasteiger charge is 2.36. The molecule has 27 heavy (non-hydrogen) atoms. The Kier molecular flexibility index (Phi) is 6.35. The van der Waals surface area contributed by atoms with Crippen LogP contribution in [-0.2, 0) is 25.2 Å². The zero-order chi connectivity index (χ0) is 20.4. The summed E-state index contributed by atoms with van der Waals surface area (Å²) in [6, 6.07) is 9.11. The van der Waals surface area contributed by atoms with Crippen LogP contribution in [0.4, 0.5) is 26.3 Å². The van der Waals surface area contributed by atoms with Crippen LogP contribution >= 0.6 is 12.2 Å². The number of hydrogen-bond acceptors (Lipinski definition) is 1. The Balaban J connectivity index is 2.30. The second-order valence-corrected chi connectivity index (χ2v) is 7.24. The van der Waals surface area contributed by atoms with E-state index >= 15 is 0 Å².